The molecule has 6 nitrogen and oxygen atoms in total. The van der Waals surface area contributed by atoms with Crippen molar-refractivity contribution in [3.8, 4) is 0 Å². The highest BCUT2D eigenvalue weighted by molar-refractivity contribution is 5.94. The number of aromatic nitrogens is 1. The number of carboxylic acids is 1. The van der Waals surface area contributed by atoms with Crippen LogP contribution in [0.1, 0.15) is 29.6 Å². The molecule has 0 aliphatic heterocycles. The number of hydrogen-bond donors (Lipinski definition) is 3. The van der Waals surface area contributed by atoms with Gasteiger partial charge in [-0.15, -0.1) is 0 Å². The summed E-state index contributed by atoms with van der Waals surface area (Å²) in [6.07, 6.45) is 3.43. The first-order chi connectivity index (χ1) is 8.09. The van der Waals surface area contributed by atoms with Gasteiger partial charge in [-0.25, -0.2) is 0 Å². The lowest BCUT2D eigenvalue weighted by Crippen LogP contribution is -2.41. The average molecular weight is 237 g/mol. The van der Waals surface area contributed by atoms with Crippen LogP contribution in [0.15, 0.2) is 24.5 Å². The Bertz CT molecular complexity index is 381. The number of nitrogens with zero attached hydrogens (tertiary/aromatic N) is 1. The predicted molar refractivity (Wildman–Crippen MR) is 61.2 cm³/mol. The fraction of sp³-hybridized carbons (Fsp3) is 0.364. The summed E-state index contributed by atoms with van der Waals surface area (Å²) in [6.45, 7) is 0. The molecule has 17 heavy (non-hydrogen) atoms. The third kappa shape index (κ3) is 5.07. The van der Waals surface area contributed by atoms with Gasteiger partial charge >= 0.3 is 5.97 Å². The van der Waals surface area contributed by atoms with Crippen molar-refractivity contribution in [3.63, 3.8) is 0 Å². The van der Waals surface area contributed by atoms with Gasteiger partial charge in [0.15, 0.2) is 0 Å². The molecular formula is C11H15N3O3. The van der Waals surface area contributed by atoms with Crippen molar-refractivity contribution in [1.82, 2.24) is 10.3 Å². The van der Waals surface area contributed by atoms with Crippen molar-refractivity contribution in [3.05, 3.63) is 30.1 Å². The lowest BCUT2D eigenvalue weighted by molar-refractivity contribution is -0.137. The van der Waals surface area contributed by atoms with Crippen molar-refractivity contribution in [1.29, 1.82) is 0 Å². The summed E-state index contributed by atoms with van der Waals surface area (Å²) in [5, 5.41) is 11.0. The van der Waals surface area contributed by atoms with Crippen LogP contribution in [0.4, 0.5) is 0 Å². The highest BCUT2D eigenvalue weighted by atomic mass is 16.4. The SMILES string of the molecule is NC(CCCC(=O)O)NC(=O)c1ccncc1. The van der Waals surface area contributed by atoms with Crippen LogP contribution in [-0.2, 0) is 4.79 Å². The van der Waals surface area contributed by atoms with Gasteiger partial charge in [0.25, 0.3) is 5.91 Å². The Hall–Kier alpha value is -1.95. The molecule has 0 spiro atoms. The maximum Gasteiger partial charge on any atom is 0.303 e. The van der Waals surface area contributed by atoms with E-state index in [1.165, 1.54) is 12.4 Å². The number of carbonyl (C=O) groups excluding carboxylic acids is 1. The van der Waals surface area contributed by atoms with Crippen molar-refractivity contribution in [2.45, 2.75) is 25.4 Å². The maximum atomic E-state index is 11.6. The summed E-state index contributed by atoms with van der Waals surface area (Å²) in [6, 6.07) is 3.17. The van der Waals surface area contributed by atoms with Gasteiger partial charge in [0.2, 0.25) is 0 Å². The second kappa shape index (κ2) is 6.59. The Morgan fingerprint density at radius 1 is 1.41 bits per heavy atom. The number of rotatable bonds is 6. The largest absolute Gasteiger partial charge is 0.481 e. The van der Waals surface area contributed by atoms with Crippen molar-refractivity contribution >= 4 is 11.9 Å². The van der Waals surface area contributed by atoms with Crippen LogP contribution in [0.2, 0.25) is 0 Å². The van der Waals surface area contributed by atoms with Gasteiger partial charge in [-0.1, -0.05) is 0 Å². The van der Waals surface area contributed by atoms with E-state index in [4.69, 9.17) is 10.8 Å². The third-order valence-corrected chi connectivity index (χ3v) is 2.16. The first-order valence-corrected chi connectivity index (χ1v) is 5.28. The lowest BCUT2D eigenvalue weighted by atomic mass is 10.2. The Morgan fingerprint density at radius 3 is 2.65 bits per heavy atom. The maximum absolute atomic E-state index is 11.6. The molecule has 0 fully saturated rings. The van der Waals surface area contributed by atoms with E-state index >= 15 is 0 Å². The Kier molecular flexibility index (Phi) is 5.09. The number of carboxylic acid groups (broad SMARTS) is 1. The summed E-state index contributed by atoms with van der Waals surface area (Å²) >= 11 is 0. The van der Waals surface area contributed by atoms with Crippen LogP contribution < -0.4 is 11.1 Å². The molecule has 1 amide bonds. The summed E-state index contributed by atoms with van der Waals surface area (Å²) < 4.78 is 0. The van der Waals surface area contributed by atoms with Gasteiger partial charge in [0, 0.05) is 24.4 Å². The minimum absolute atomic E-state index is 0.0544. The molecule has 6 heteroatoms. The minimum atomic E-state index is -0.863. The van der Waals surface area contributed by atoms with E-state index in [1.807, 2.05) is 0 Å². The fourth-order valence-electron chi connectivity index (χ4n) is 1.30. The normalized spacial score (nSPS) is 11.8. The summed E-state index contributed by atoms with van der Waals surface area (Å²) in [5.41, 5.74) is 6.14. The summed E-state index contributed by atoms with van der Waals surface area (Å²) in [4.78, 5) is 25.7. The second-order valence-electron chi connectivity index (χ2n) is 3.60. The monoisotopic (exact) mass is 237 g/mol. The minimum Gasteiger partial charge on any atom is -0.481 e. The van der Waals surface area contributed by atoms with Gasteiger partial charge in [-0.3, -0.25) is 14.6 Å². The molecule has 1 aromatic heterocycles. The van der Waals surface area contributed by atoms with E-state index in [-0.39, 0.29) is 12.3 Å². The molecule has 0 radical (unpaired) electrons. The van der Waals surface area contributed by atoms with Crippen LogP contribution in [0.5, 0.6) is 0 Å². The number of aliphatic carboxylic acids is 1. The molecule has 0 saturated carbocycles. The molecule has 1 atom stereocenters. The molecule has 0 aromatic carbocycles. The van der Waals surface area contributed by atoms with Crippen molar-refractivity contribution in [2.24, 2.45) is 5.73 Å². The van der Waals surface area contributed by atoms with Crippen LogP contribution in [0.25, 0.3) is 0 Å². The molecule has 1 heterocycles. The van der Waals surface area contributed by atoms with E-state index < -0.39 is 12.1 Å². The lowest BCUT2D eigenvalue weighted by Gasteiger charge is -2.13. The highest BCUT2D eigenvalue weighted by Crippen LogP contribution is 2.00. The van der Waals surface area contributed by atoms with E-state index in [0.717, 1.165) is 0 Å². The molecular weight excluding hydrogens is 222 g/mol. The van der Waals surface area contributed by atoms with Gasteiger partial charge in [0.1, 0.15) is 0 Å². The molecule has 0 aliphatic rings. The zero-order valence-corrected chi connectivity index (χ0v) is 9.30. The fourth-order valence-corrected chi connectivity index (χ4v) is 1.30. The van der Waals surface area contributed by atoms with E-state index in [9.17, 15) is 9.59 Å². The molecule has 1 aromatic rings. The zero-order valence-electron chi connectivity index (χ0n) is 9.30. The second-order valence-corrected chi connectivity index (χ2v) is 3.60. The Morgan fingerprint density at radius 2 is 2.06 bits per heavy atom. The van der Waals surface area contributed by atoms with Gasteiger partial charge in [0.05, 0.1) is 6.17 Å². The Labute approximate surface area is 98.8 Å². The number of pyridine rings is 1. The molecule has 0 saturated heterocycles. The first kappa shape index (κ1) is 13.1. The van der Waals surface area contributed by atoms with E-state index in [2.05, 4.69) is 10.3 Å². The van der Waals surface area contributed by atoms with Gasteiger partial charge in [-0.2, -0.15) is 0 Å². The molecule has 92 valence electrons. The van der Waals surface area contributed by atoms with E-state index in [1.54, 1.807) is 12.1 Å². The average Bonchev–Trinajstić information content (AvgIpc) is 2.29. The van der Waals surface area contributed by atoms with Crippen LogP contribution in [-0.4, -0.2) is 28.1 Å². The standard InChI is InChI=1S/C11H15N3O3/c12-9(2-1-3-10(15)16)14-11(17)8-4-6-13-7-5-8/h4-7,9H,1-3,12H2,(H,14,17)(H,15,16). The van der Waals surface area contributed by atoms with Crippen molar-refractivity contribution < 1.29 is 14.7 Å². The number of amides is 1. The van der Waals surface area contributed by atoms with Gasteiger partial charge in [-0.05, 0) is 25.0 Å². The predicted octanol–water partition coefficient (Wildman–Crippen LogP) is 0.351. The van der Waals surface area contributed by atoms with E-state index in [0.29, 0.717) is 18.4 Å². The topological polar surface area (TPSA) is 105 Å². The third-order valence-electron chi connectivity index (χ3n) is 2.16. The molecule has 0 aliphatic carbocycles. The zero-order chi connectivity index (χ0) is 12.7. The highest BCUT2D eigenvalue weighted by Gasteiger charge is 2.09. The smallest absolute Gasteiger partial charge is 0.303 e. The number of hydrogen-bond acceptors (Lipinski definition) is 4. The van der Waals surface area contributed by atoms with Gasteiger partial charge < -0.3 is 16.2 Å². The summed E-state index contributed by atoms with van der Waals surface area (Å²) in [7, 11) is 0. The number of carbonyl (C=O) groups is 2. The van der Waals surface area contributed by atoms with Crippen LogP contribution >= 0.6 is 0 Å². The molecule has 1 rings (SSSR count). The summed E-state index contributed by atoms with van der Waals surface area (Å²) in [5.74, 6) is -1.15. The molecule has 1 unspecified atom stereocenters. The number of nitrogens with two attached hydrogens (primary N) is 1. The first-order valence-electron chi connectivity index (χ1n) is 5.28. The molecule has 4 N–H and O–H groups in total. The van der Waals surface area contributed by atoms with Crippen LogP contribution in [0, 0.1) is 0 Å². The number of nitrogens with one attached hydrogen (secondary N) is 1. The van der Waals surface area contributed by atoms with Crippen LogP contribution in [0.3, 0.4) is 0 Å². The quantitative estimate of drug-likeness (QED) is 0.619. The van der Waals surface area contributed by atoms with Crippen molar-refractivity contribution in [2.75, 3.05) is 0 Å². The molecule has 0 bridgehead atoms. The Balaban J connectivity index is 2.34.